The van der Waals surface area contributed by atoms with E-state index in [0.717, 1.165) is 25.2 Å². The van der Waals surface area contributed by atoms with Gasteiger partial charge < -0.3 is 0 Å². The molecule has 22 heavy (non-hydrogen) atoms. The lowest BCUT2D eigenvalue weighted by atomic mass is 9.96. The van der Waals surface area contributed by atoms with Crippen molar-refractivity contribution < 1.29 is 0 Å². The highest BCUT2D eigenvalue weighted by Crippen LogP contribution is 2.46. The Morgan fingerprint density at radius 1 is 1.05 bits per heavy atom. The van der Waals surface area contributed by atoms with Crippen molar-refractivity contribution >= 4 is 22.9 Å². The number of fused-ring (bicyclic) bond motifs is 4. The molecule has 0 amide bonds. The Morgan fingerprint density at radius 3 is 2.55 bits per heavy atom. The molecule has 2 aromatic rings. The van der Waals surface area contributed by atoms with E-state index in [1.54, 1.807) is 0 Å². The summed E-state index contributed by atoms with van der Waals surface area (Å²) in [6.07, 6.45) is 0. The summed E-state index contributed by atoms with van der Waals surface area (Å²) in [6.45, 7) is 5.23. The van der Waals surface area contributed by atoms with Gasteiger partial charge in [0.05, 0.1) is 11.6 Å². The van der Waals surface area contributed by atoms with Gasteiger partial charge in [-0.2, -0.15) is 5.26 Å². The lowest BCUT2D eigenvalue weighted by Crippen LogP contribution is -2.20. The summed E-state index contributed by atoms with van der Waals surface area (Å²) in [7, 11) is 0. The molecule has 3 heteroatoms. The molecule has 0 aliphatic carbocycles. The molecule has 0 radical (unpaired) electrons. The van der Waals surface area contributed by atoms with Crippen LogP contribution in [-0.2, 0) is 0 Å². The van der Waals surface area contributed by atoms with Crippen molar-refractivity contribution in [3.63, 3.8) is 0 Å². The van der Waals surface area contributed by atoms with E-state index in [9.17, 15) is 5.26 Å². The van der Waals surface area contributed by atoms with Crippen molar-refractivity contribution in [2.24, 2.45) is 0 Å². The van der Waals surface area contributed by atoms with E-state index in [1.165, 1.54) is 32.1 Å². The highest BCUT2D eigenvalue weighted by molar-refractivity contribution is 7.99. The lowest BCUT2D eigenvalue weighted by Gasteiger charge is -2.15. The van der Waals surface area contributed by atoms with E-state index in [-0.39, 0.29) is 0 Å². The molecule has 0 saturated carbocycles. The molecule has 0 bridgehead atoms. The fourth-order valence-electron chi connectivity index (χ4n) is 3.26. The van der Waals surface area contributed by atoms with Crippen LogP contribution in [0.1, 0.15) is 23.6 Å². The van der Waals surface area contributed by atoms with Gasteiger partial charge in [-0.1, -0.05) is 36.9 Å². The van der Waals surface area contributed by atoms with Crippen LogP contribution in [-0.4, -0.2) is 24.5 Å². The largest absolute Gasteiger partial charge is 0.295 e. The van der Waals surface area contributed by atoms with Crippen molar-refractivity contribution in [1.29, 1.82) is 5.26 Å². The molecule has 0 saturated heterocycles. The summed E-state index contributed by atoms with van der Waals surface area (Å²) in [6, 6.07) is 17.0. The summed E-state index contributed by atoms with van der Waals surface area (Å²) in [4.78, 5) is 5.03. The number of benzene rings is 2. The average molecular weight is 304 g/mol. The Morgan fingerprint density at radius 2 is 1.77 bits per heavy atom. The molecular formula is C19H16N2S. The van der Waals surface area contributed by atoms with Crippen LogP contribution in [0.2, 0.25) is 0 Å². The summed E-state index contributed by atoms with van der Waals surface area (Å²) in [5.74, 6) is 0. The first-order valence-electron chi connectivity index (χ1n) is 7.56. The third-order valence-electron chi connectivity index (χ3n) is 4.44. The number of nitriles is 1. The van der Waals surface area contributed by atoms with E-state index in [0.29, 0.717) is 0 Å². The van der Waals surface area contributed by atoms with Crippen LogP contribution in [0.15, 0.2) is 52.3 Å². The van der Waals surface area contributed by atoms with Crippen LogP contribution < -0.4 is 0 Å². The number of hydrogen-bond donors (Lipinski definition) is 0. The maximum absolute atomic E-state index is 9.24. The Hall–Kier alpha value is -2.02. The summed E-state index contributed by atoms with van der Waals surface area (Å²) >= 11 is 1.82. The number of hydrogen-bond acceptors (Lipinski definition) is 3. The predicted octanol–water partition coefficient (Wildman–Crippen LogP) is 4.27. The molecule has 4 rings (SSSR count). The van der Waals surface area contributed by atoms with Gasteiger partial charge in [0, 0.05) is 22.9 Å². The molecule has 0 N–H and O–H groups in total. The lowest BCUT2D eigenvalue weighted by molar-refractivity contribution is 0.379. The van der Waals surface area contributed by atoms with Crippen LogP contribution in [0.25, 0.3) is 11.1 Å². The highest BCUT2D eigenvalue weighted by atomic mass is 32.2. The van der Waals surface area contributed by atoms with E-state index < -0.39 is 0 Å². The van der Waals surface area contributed by atoms with Crippen LogP contribution in [0.3, 0.4) is 0 Å². The molecule has 2 heterocycles. The second kappa shape index (κ2) is 5.31. The van der Waals surface area contributed by atoms with Crippen LogP contribution >= 0.6 is 11.8 Å². The summed E-state index contributed by atoms with van der Waals surface area (Å²) in [5, 5.41) is 9.24. The molecule has 108 valence electrons. The molecule has 0 fully saturated rings. The van der Waals surface area contributed by atoms with E-state index in [1.807, 2.05) is 17.8 Å². The number of rotatable bonds is 1. The maximum Gasteiger partial charge on any atom is 0.0991 e. The Kier molecular flexibility index (Phi) is 3.29. The topological polar surface area (TPSA) is 27.0 Å². The van der Waals surface area contributed by atoms with Crippen molar-refractivity contribution in [2.45, 2.75) is 16.7 Å². The minimum Gasteiger partial charge on any atom is -0.295 e. The predicted molar refractivity (Wildman–Crippen MR) is 90.7 cm³/mol. The minimum atomic E-state index is 0.743. The quantitative estimate of drug-likeness (QED) is 0.787. The Balaban J connectivity index is 1.97. The second-order valence-corrected chi connectivity index (χ2v) is 6.77. The van der Waals surface area contributed by atoms with Crippen LogP contribution in [0.4, 0.5) is 0 Å². The van der Waals surface area contributed by atoms with Gasteiger partial charge in [0.25, 0.3) is 0 Å². The molecule has 2 aliphatic heterocycles. The van der Waals surface area contributed by atoms with E-state index in [4.69, 9.17) is 0 Å². The second-order valence-electron chi connectivity index (χ2n) is 5.68. The van der Waals surface area contributed by atoms with Crippen molar-refractivity contribution in [3.8, 4) is 6.07 Å². The van der Waals surface area contributed by atoms with Crippen LogP contribution in [0, 0.1) is 11.3 Å². The molecule has 0 atom stereocenters. The van der Waals surface area contributed by atoms with Gasteiger partial charge >= 0.3 is 0 Å². The zero-order chi connectivity index (χ0) is 15.1. The highest BCUT2D eigenvalue weighted by Gasteiger charge is 2.28. The molecular weight excluding hydrogens is 288 g/mol. The molecule has 0 unspecified atom stereocenters. The molecule has 2 nitrogen and oxygen atoms in total. The normalized spacial score (nSPS) is 16.5. The van der Waals surface area contributed by atoms with E-state index >= 15 is 0 Å². The third-order valence-corrected chi connectivity index (χ3v) is 5.59. The van der Waals surface area contributed by atoms with Gasteiger partial charge in [-0.05, 0) is 53.1 Å². The SMILES string of the molecule is CCN1CC2=C(C1)c1cc(C#N)ccc1Sc1ccccc12. The first-order valence-corrected chi connectivity index (χ1v) is 8.38. The Labute approximate surface area is 135 Å². The van der Waals surface area contributed by atoms with Gasteiger partial charge in [0.15, 0.2) is 0 Å². The number of likely N-dealkylation sites (N-methyl/N-ethyl adjacent to an activating group) is 1. The first-order chi connectivity index (χ1) is 10.8. The standard InChI is InChI=1S/C19H16N2S/c1-2-21-11-16-14-5-3-4-6-18(14)22-19-8-7-13(10-20)9-15(19)17(16)12-21/h3-9H,2,11-12H2,1H3. The van der Waals surface area contributed by atoms with E-state index in [2.05, 4.69) is 54.3 Å². The molecule has 2 aliphatic rings. The summed E-state index contributed by atoms with van der Waals surface area (Å²) in [5.41, 5.74) is 6.16. The molecule has 0 aromatic heterocycles. The minimum absolute atomic E-state index is 0.743. The van der Waals surface area contributed by atoms with Gasteiger partial charge in [0.2, 0.25) is 0 Å². The first kappa shape index (κ1) is 13.6. The van der Waals surface area contributed by atoms with Gasteiger partial charge in [-0.25, -0.2) is 0 Å². The average Bonchev–Trinajstić information content (AvgIpc) is 2.95. The Bertz CT molecular complexity index is 830. The van der Waals surface area contributed by atoms with Crippen molar-refractivity contribution in [1.82, 2.24) is 4.90 Å². The molecule has 2 aromatic carbocycles. The molecule has 0 spiro atoms. The van der Waals surface area contributed by atoms with Crippen molar-refractivity contribution in [3.05, 3.63) is 59.2 Å². The smallest absolute Gasteiger partial charge is 0.0991 e. The third kappa shape index (κ3) is 2.08. The van der Waals surface area contributed by atoms with Gasteiger partial charge in [0.1, 0.15) is 0 Å². The number of nitrogens with zero attached hydrogens (tertiary/aromatic N) is 2. The van der Waals surface area contributed by atoms with Gasteiger partial charge in [-0.3, -0.25) is 4.90 Å². The monoisotopic (exact) mass is 304 g/mol. The fourth-order valence-corrected chi connectivity index (χ4v) is 4.37. The van der Waals surface area contributed by atoms with Crippen molar-refractivity contribution in [2.75, 3.05) is 19.6 Å². The summed E-state index contributed by atoms with van der Waals surface area (Å²) < 4.78 is 0. The fraction of sp³-hybridized carbons (Fsp3) is 0.211. The zero-order valence-corrected chi connectivity index (χ0v) is 13.3. The van der Waals surface area contributed by atoms with Gasteiger partial charge in [-0.15, -0.1) is 0 Å². The zero-order valence-electron chi connectivity index (χ0n) is 12.5. The maximum atomic E-state index is 9.24. The van der Waals surface area contributed by atoms with Crippen LogP contribution in [0.5, 0.6) is 0 Å².